The van der Waals surface area contributed by atoms with E-state index in [2.05, 4.69) is 29.8 Å². The molecule has 0 aromatic heterocycles. The van der Waals surface area contributed by atoms with Gasteiger partial charge in [0.05, 0.1) is 5.41 Å². The lowest BCUT2D eigenvalue weighted by atomic mass is 9.83. The van der Waals surface area contributed by atoms with Crippen LogP contribution in [-0.2, 0) is 14.3 Å². The Hall–Kier alpha value is -1.40. The molecule has 1 aromatic rings. The molecule has 0 bridgehead atoms. The van der Waals surface area contributed by atoms with Crippen LogP contribution in [0.1, 0.15) is 58.1 Å². The van der Waals surface area contributed by atoms with Crippen molar-refractivity contribution in [1.82, 2.24) is 4.90 Å². The zero-order valence-electron chi connectivity index (χ0n) is 18.4. The maximum absolute atomic E-state index is 12.9. The van der Waals surface area contributed by atoms with Gasteiger partial charge in [-0.2, -0.15) is 0 Å². The number of hydrogen-bond donors (Lipinski definition) is 0. The minimum absolute atomic E-state index is 0.236. The summed E-state index contributed by atoms with van der Waals surface area (Å²) in [6.07, 6.45) is 0.252. The van der Waals surface area contributed by atoms with Gasteiger partial charge in [-0.15, -0.1) is 0 Å². The summed E-state index contributed by atoms with van der Waals surface area (Å²) in [4.78, 5) is 27.3. The molecule has 0 saturated heterocycles. The summed E-state index contributed by atoms with van der Waals surface area (Å²) in [7, 11) is 3.83. The summed E-state index contributed by atoms with van der Waals surface area (Å²) in [5.41, 5.74) is 1.14. The fourth-order valence-electron chi connectivity index (χ4n) is 2.89. The SMILES string of the molecule is Cc1ccc(C(C)C)c(OC(=O)C(C)(C)CC(C)(Br)C(=O)OCCN(C)C)c1. The van der Waals surface area contributed by atoms with Crippen molar-refractivity contribution in [2.45, 2.75) is 58.2 Å². The quantitative estimate of drug-likeness (QED) is 0.306. The third-order valence-electron chi connectivity index (χ3n) is 4.52. The van der Waals surface area contributed by atoms with Crippen LogP contribution in [0.5, 0.6) is 5.75 Å². The van der Waals surface area contributed by atoms with E-state index in [9.17, 15) is 9.59 Å². The Morgan fingerprint density at radius 1 is 1.14 bits per heavy atom. The second-order valence-corrected chi connectivity index (χ2v) is 10.5. The van der Waals surface area contributed by atoms with Crippen molar-refractivity contribution in [2.75, 3.05) is 27.2 Å². The van der Waals surface area contributed by atoms with Gasteiger partial charge in [-0.1, -0.05) is 41.9 Å². The maximum Gasteiger partial charge on any atom is 0.322 e. The number of aryl methyl sites for hydroxylation is 1. The summed E-state index contributed by atoms with van der Waals surface area (Å²) in [6, 6.07) is 5.88. The first-order chi connectivity index (χ1) is 12.8. The molecule has 1 atom stereocenters. The van der Waals surface area contributed by atoms with E-state index >= 15 is 0 Å². The predicted molar refractivity (Wildman–Crippen MR) is 116 cm³/mol. The molecule has 1 rings (SSSR count). The summed E-state index contributed by atoms with van der Waals surface area (Å²) in [6.45, 7) is 12.3. The number of hydrogen-bond acceptors (Lipinski definition) is 5. The van der Waals surface area contributed by atoms with Crippen molar-refractivity contribution in [1.29, 1.82) is 0 Å². The summed E-state index contributed by atoms with van der Waals surface area (Å²) >= 11 is 3.46. The first-order valence-corrected chi connectivity index (χ1v) is 10.4. The molecule has 0 N–H and O–H groups in total. The molecule has 0 radical (unpaired) electrons. The number of alkyl halides is 1. The van der Waals surface area contributed by atoms with E-state index in [1.165, 1.54) is 0 Å². The van der Waals surface area contributed by atoms with E-state index in [4.69, 9.17) is 9.47 Å². The van der Waals surface area contributed by atoms with Gasteiger partial charge in [-0.3, -0.25) is 9.59 Å². The maximum atomic E-state index is 12.9. The molecule has 1 unspecified atom stereocenters. The summed E-state index contributed by atoms with van der Waals surface area (Å²) in [5, 5.41) is 0. The monoisotopic (exact) mass is 455 g/mol. The van der Waals surface area contributed by atoms with Gasteiger partial charge in [0.15, 0.2) is 0 Å². The van der Waals surface area contributed by atoms with Gasteiger partial charge in [-0.25, -0.2) is 0 Å². The second kappa shape index (κ2) is 9.88. The smallest absolute Gasteiger partial charge is 0.322 e. The van der Waals surface area contributed by atoms with Crippen LogP contribution in [-0.4, -0.2) is 48.4 Å². The minimum Gasteiger partial charge on any atom is -0.463 e. The molecule has 0 aliphatic rings. The zero-order chi connectivity index (χ0) is 21.7. The lowest BCUT2D eigenvalue weighted by molar-refractivity contribution is -0.150. The van der Waals surface area contributed by atoms with Crippen LogP contribution in [0, 0.1) is 12.3 Å². The van der Waals surface area contributed by atoms with Gasteiger partial charge in [0.1, 0.15) is 16.7 Å². The Labute approximate surface area is 177 Å². The fourth-order valence-corrected chi connectivity index (χ4v) is 3.71. The first kappa shape index (κ1) is 24.6. The van der Waals surface area contributed by atoms with E-state index in [1.807, 2.05) is 44.1 Å². The highest BCUT2D eigenvalue weighted by Gasteiger charge is 2.42. The molecule has 0 spiro atoms. The van der Waals surface area contributed by atoms with Crippen LogP contribution >= 0.6 is 15.9 Å². The van der Waals surface area contributed by atoms with Crippen LogP contribution in [0.4, 0.5) is 0 Å². The molecule has 5 nitrogen and oxygen atoms in total. The van der Waals surface area contributed by atoms with Gasteiger partial charge >= 0.3 is 11.9 Å². The lowest BCUT2D eigenvalue weighted by Gasteiger charge is -2.30. The highest BCUT2D eigenvalue weighted by Crippen LogP contribution is 2.37. The fraction of sp³-hybridized carbons (Fsp3) is 0.636. The van der Waals surface area contributed by atoms with Crippen molar-refractivity contribution < 1.29 is 19.1 Å². The Kier molecular flexibility index (Phi) is 8.69. The Balaban J connectivity index is 2.87. The third kappa shape index (κ3) is 7.21. The van der Waals surface area contributed by atoms with Gasteiger partial charge in [-0.05, 0) is 71.3 Å². The van der Waals surface area contributed by atoms with Gasteiger partial charge < -0.3 is 14.4 Å². The Morgan fingerprint density at radius 3 is 2.29 bits per heavy atom. The molecule has 0 saturated carbocycles. The Morgan fingerprint density at radius 2 is 1.75 bits per heavy atom. The van der Waals surface area contributed by atoms with Crippen molar-refractivity contribution in [3.8, 4) is 5.75 Å². The largest absolute Gasteiger partial charge is 0.463 e. The molecule has 6 heteroatoms. The van der Waals surface area contributed by atoms with Gasteiger partial charge in [0.25, 0.3) is 0 Å². The lowest BCUT2D eigenvalue weighted by Crippen LogP contribution is -2.41. The molecule has 158 valence electrons. The molecule has 28 heavy (non-hydrogen) atoms. The number of carbonyl (C=O) groups is 2. The van der Waals surface area contributed by atoms with Crippen molar-refractivity contribution in [2.24, 2.45) is 5.41 Å². The molecule has 0 amide bonds. The van der Waals surface area contributed by atoms with Crippen LogP contribution in [0.3, 0.4) is 0 Å². The van der Waals surface area contributed by atoms with E-state index in [0.29, 0.717) is 18.9 Å². The number of rotatable bonds is 9. The molecule has 1 aromatic carbocycles. The average Bonchev–Trinajstić information content (AvgIpc) is 2.53. The van der Waals surface area contributed by atoms with Crippen LogP contribution in [0.25, 0.3) is 0 Å². The van der Waals surface area contributed by atoms with E-state index in [-0.39, 0.29) is 24.3 Å². The molecule has 0 aliphatic heterocycles. The first-order valence-electron chi connectivity index (χ1n) is 9.60. The van der Waals surface area contributed by atoms with E-state index < -0.39 is 9.74 Å². The predicted octanol–water partition coefficient (Wildman–Crippen LogP) is 4.70. The molecule has 0 aliphatic carbocycles. The summed E-state index contributed by atoms with van der Waals surface area (Å²) in [5.74, 6) is 0.0676. The molecular formula is C22H34BrNO4. The number of halogens is 1. The topological polar surface area (TPSA) is 55.8 Å². The van der Waals surface area contributed by atoms with Crippen molar-refractivity contribution >= 4 is 27.9 Å². The summed E-state index contributed by atoms with van der Waals surface area (Å²) < 4.78 is 10.1. The number of benzene rings is 1. The van der Waals surface area contributed by atoms with E-state index in [1.54, 1.807) is 20.8 Å². The third-order valence-corrected chi connectivity index (χ3v) is 5.12. The van der Waals surface area contributed by atoms with Crippen molar-refractivity contribution in [3.05, 3.63) is 29.3 Å². The molecule has 0 heterocycles. The number of ether oxygens (including phenoxy) is 2. The van der Waals surface area contributed by atoms with Gasteiger partial charge in [0.2, 0.25) is 0 Å². The van der Waals surface area contributed by atoms with Crippen LogP contribution in [0.2, 0.25) is 0 Å². The number of carbonyl (C=O) groups excluding carboxylic acids is 2. The highest BCUT2D eigenvalue weighted by molar-refractivity contribution is 9.10. The van der Waals surface area contributed by atoms with E-state index in [0.717, 1.165) is 11.1 Å². The number of esters is 2. The van der Waals surface area contributed by atoms with Gasteiger partial charge in [0, 0.05) is 6.54 Å². The van der Waals surface area contributed by atoms with Crippen molar-refractivity contribution in [3.63, 3.8) is 0 Å². The molecular weight excluding hydrogens is 422 g/mol. The Bertz CT molecular complexity index is 696. The molecule has 0 fully saturated rings. The van der Waals surface area contributed by atoms with Crippen LogP contribution in [0.15, 0.2) is 18.2 Å². The highest BCUT2D eigenvalue weighted by atomic mass is 79.9. The average molecular weight is 456 g/mol. The normalized spacial score (nSPS) is 14.1. The minimum atomic E-state index is -0.977. The second-order valence-electron chi connectivity index (χ2n) is 8.78. The number of likely N-dealkylation sites (N-methyl/N-ethyl adjacent to an activating group) is 1. The standard InChI is InChI=1S/C22H34BrNO4/c1-15(2)17-10-9-16(3)13-18(17)28-19(25)21(4,5)14-22(6,23)20(26)27-12-11-24(7)8/h9-10,13,15H,11-12,14H2,1-8H3. The number of nitrogens with zero attached hydrogens (tertiary/aromatic N) is 1. The zero-order valence-corrected chi connectivity index (χ0v) is 20.0. The van der Waals surface area contributed by atoms with Crippen LogP contribution < -0.4 is 4.74 Å².